The van der Waals surface area contributed by atoms with Gasteiger partial charge in [-0.1, -0.05) is 18.6 Å². The molecule has 1 aromatic rings. The Morgan fingerprint density at radius 1 is 0.889 bits per heavy atom. The number of carbonyl (C=O) groups is 5. The summed E-state index contributed by atoms with van der Waals surface area (Å²) >= 11 is 0. The Morgan fingerprint density at radius 2 is 1.47 bits per heavy atom. The molecule has 4 amide bonds. The van der Waals surface area contributed by atoms with Gasteiger partial charge in [0.15, 0.2) is 0 Å². The third kappa shape index (κ3) is 11.1. The molecular formula is C23H36N6O7. The number of aromatic hydroxyl groups is 1. The van der Waals surface area contributed by atoms with Gasteiger partial charge in [-0.05, 0) is 50.4 Å². The smallest absolute Gasteiger partial charge is 0.325 e. The Balaban J connectivity index is 3.07. The molecule has 11 N–H and O–H groups in total. The van der Waals surface area contributed by atoms with Crippen molar-refractivity contribution in [3.8, 4) is 5.75 Å². The lowest BCUT2D eigenvalue weighted by atomic mass is 10.0. The number of nitrogens with one attached hydrogen (secondary N) is 3. The van der Waals surface area contributed by atoms with Crippen LogP contribution >= 0.6 is 0 Å². The van der Waals surface area contributed by atoms with Crippen molar-refractivity contribution >= 4 is 29.6 Å². The second kappa shape index (κ2) is 15.3. The first kappa shape index (κ1) is 30.3. The molecule has 4 atom stereocenters. The van der Waals surface area contributed by atoms with Gasteiger partial charge in [0.25, 0.3) is 0 Å². The molecule has 0 bridgehead atoms. The molecule has 13 nitrogen and oxygen atoms in total. The topological polar surface area (TPSA) is 240 Å². The number of nitrogens with two attached hydrogens (primary N) is 3. The normalized spacial score (nSPS) is 14.1. The molecule has 0 aromatic heterocycles. The first-order valence-electron chi connectivity index (χ1n) is 11.6. The Morgan fingerprint density at radius 3 is 2.03 bits per heavy atom. The van der Waals surface area contributed by atoms with Crippen LogP contribution in [0.5, 0.6) is 5.75 Å². The lowest BCUT2D eigenvalue weighted by Gasteiger charge is -2.25. The van der Waals surface area contributed by atoms with Crippen molar-refractivity contribution in [2.75, 3.05) is 6.54 Å². The largest absolute Gasteiger partial charge is 0.508 e. The highest BCUT2D eigenvalue weighted by Gasteiger charge is 2.29. The van der Waals surface area contributed by atoms with Crippen molar-refractivity contribution in [3.63, 3.8) is 0 Å². The second-order valence-electron chi connectivity index (χ2n) is 8.46. The number of hydrogen-bond acceptors (Lipinski definition) is 8. The van der Waals surface area contributed by atoms with Gasteiger partial charge in [0.05, 0.1) is 6.04 Å². The SMILES string of the molecule is CC(NC(=O)C(CCC(N)=O)NC(=O)C(Cc1ccc(O)cc1)NC(=O)C(N)CCCCN)C(=O)O. The number of amides is 4. The van der Waals surface area contributed by atoms with Crippen molar-refractivity contribution in [2.45, 2.75) is 69.6 Å². The van der Waals surface area contributed by atoms with Crippen LogP contribution in [0.3, 0.4) is 0 Å². The number of phenols is 1. The van der Waals surface area contributed by atoms with Crippen molar-refractivity contribution in [1.29, 1.82) is 0 Å². The first-order chi connectivity index (χ1) is 16.9. The lowest BCUT2D eigenvalue weighted by Crippen LogP contribution is -2.57. The zero-order valence-corrected chi connectivity index (χ0v) is 20.2. The van der Waals surface area contributed by atoms with E-state index in [2.05, 4.69) is 16.0 Å². The van der Waals surface area contributed by atoms with E-state index < -0.39 is 53.8 Å². The number of benzene rings is 1. The lowest BCUT2D eigenvalue weighted by molar-refractivity contribution is -0.142. The van der Waals surface area contributed by atoms with Crippen LogP contribution in [0.4, 0.5) is 0 Å². The predicted molar refractivity (Wildman–Crippen MR) is 130 cm³/mol. The summed E-state index contributed by atoms with van der Waals surface area (Å²) in [6.45, 7) is 1.70. The van der Waals surface area contributed by atoms with Crippen molar-refractivity contribution in [1.82, 2.24) is 16.0 Å². The zero-order chi connectivity index (χ0) is 27.3. The maximum absolute atomic E-state index is 13.2. The third-order valence-corrected chi connectivity index (χ3v) is 5.36. The number of aliphatic carboxylic acids is 1. The van der Waals surface area contributed by atoms with Crippen LogP contribution in [-0.4, -0.2) is 70.5 Å². The van der Waals surface area contributed by atoms with Crippen LogP contribution in [0.2, 0.25) is 0 Å². The van der Waals surface area contributed by atoms with Crippen molar-refractivity contribution in [2.24, 2.45) is 17.2 Å². The van der Waals surface area contributed by atoms with E-state index in [0.717, 1.165) is 0 Å². The number of carbonyl (C=O) groups excluding carboxylic acids is 4. The second-order valence-corrected chi connectivity index (χ2v) is 8.46. The highest BCUT2D eigenvalue weighted by atomic mass is 16.4. The van der Waals surface area contributed by atoms with E-state index in [1.807, 2.05) is 0 Å². The van der Waals surface area contributed by atoms with Gasteiger partial charge in [-0.3, -0.25) is 24.0 Å². The Bertz CT molecular complexity index is 909. The number of rotatable bonds is 16. The molecule has 0 aliphatic heterocycles. The third-order valence-electron chi connectivity index (χ3n) is 5.36. The highest BCUT2D eigenvalue weighted by molar-refractivity contribution is 5.94. The maximum atomic E-state index is 13.2. The van der Waals surface area contributed by atoms with Crippen LogP contribution in [0, 0.1) is 0 Å². The molecule has 0 saturated carbocycles. The van der Waals surface area contributed by atoms with Crippen LogP contribution < -0.4 is 33.2 Å². The van der Waals surface area contributed by atoms with Crippen molar-refractivity contribution < 1.29 is 34.2 Å². The minimum atomic E-state index is -1.29. The van der Waals surface area contributed by atoms with Gasteiger partial charge in [0.2, 0.25) is 23.6 Å². The molecule has 13 heteroatoms. The van der Waals surface area contributed by atoms with Crippen molar-refractivity contribution in [3.05, 3.63) is 29.8 Å². The molecule has 0 spiro atoms. The molecular weight excluding hydrogens is 472 g/mol. The summed E-state index contributed by atoms with van der Waals surface area (Å²) in [4.78, 5) is 60.8. The summed E-state index contributed by atoms with van der Waals surface area (Å²) in [7, 11) is 0. The Labute approximate surface area is 209 Å². The van der Waals surface area contributed by atoms with Gasteiger partial charge < -0.3 is 43.4 Å². The molecule has 0 fully saturated rings. The predicted octanol–water partition coefficient (Wildman–Crippen LogP) is -1.78. The maximum Gasteiger partial charge on any atom is 0.325 e. The quantitative estimate of drug-likeness (QED) is 0.117. The first-order valence-corrected chi connectivity index (χ1v) is 11.6. The van der Waals surface area contributed by atoms with Crippen LogP contribution in [-0.2, 0) is 30.4 Å². The molecule has 0 heterocycles. The van der Waals surface area contributed by atoms with Gasteiger partial charge in [0.1, 0.15) is 23.9 Å². The summed E-state index contributed by atoms with van der Waals surface area (Å²) in [5.74, 6) is -4.15. The van der Waals surface area contributed by atoms with E-state index in [9.17, 15) is 29.1 Å². The van der Waals surface area contributed by atoms with E-state index in [1.165, 1.54) is 19.1 Å². The Kier molecular flexibility index (Phi) is 12.9. The monoisotopic (exact) mass is 508 g/mol. The van der Waals surface area contributed by atoms with Crippen LogP contribution in [0.15, 0.2) is 24.3 Å². The highest BCUT2D eigenvalue weighted by Crippen LogP contribution is 2.12. The standard InChI is InChI=1S/C23H36N6O7/c1-13(23(35)36)27-21(33)17(9-10-19(26)31)28-22(34)18(12-14-5-7-15(30)8-6-14)29-20(32)16(25)4-2-3-11-24/h5-8,13,16-18,30H,2-4,9-12,24-25H2,1H3,(H2,26,31)(H,27,33)(H,28,34)(H,29,32)(H,35,36). The fourth-order valence-electron chi connectivity index (χ4n) is 3.20. The van der Waals surface area contributed by atoms with Gasteiger partial charge in [-0.2, -0.15) is 0 Å². The molecule has 0 aliphatic rings. The number of phenolic OH excluding ortho intramolecular Hbond substituents is 1. The summed E-state index contributed by atoms with van der Waals surface area (Å²) in [5.41, 5.74) is 17.2. The molecule has 4 unspecified atom stereocenters. The number of carboxylic acid groups (broad SMARTS) is 1. The summed E-state index contributed by atoms with van der Waals surface area (Å²) < 4.78 is 0. The van der Waals surface area contributed by atoms with E-state index >= 15 is 0 Å². The molecule has 1 rings (SSSR count). The minimum Gasteiger partial charge on any atom is -0.508 e. The minimum absolute atomic E-state index is 0.00304. The van der Waals surface area contributed by atoms with Gasteiger partial charge in [0, 0.05) is 12.8 Å². The fourth-order valence-corrected chi connectivity index (χ4v) is 3.20. The summed E-state index contributed by atoms with van der Waals surface area (Å²) in [6, 6.07) is 1.38. The summed E-state index contributed by atoms with van der Waals surface area (Å²) in [6.07, 6.45) is 1.23. The Hall–Kier alpha value is -3.71. The fraction of sp³-hybridized carbons (Fsp3) is 0.522. The van der Waals surface area contributed by atoms with Gasteiger partial charge >= 0.3 is 5.97 Å². The molecule has 0 aliphatic carbocycles. The van der Waals surface area contributed by atoms with Crippen LogP contribution in [0.1, 0.15) is 44.6 Å². The van der Waals surface area contributed by atoms with E-state index in [-0.39, 0.29) is 25.0 Å². The van der Waals surface area contributed by atoms with E-state index in [4.69, 9.17) is 22.3 Å². The molecule has 0 radical (unpaired) electrons. The molecule has 0 saturated heterocycles. The van der Waals surface area contributed by atoms with E-state index in [1.54, 1.807) is 12.1 Å². The molecule has 1 aromatic carbocycles. The van der Waals surface area contributed by atoms with E-state index in [0.29, 0.717) is 31.4 Å². The van der Waals surface area contributed by atoms with Gasteiger partial charge in [-0.25, -0.2) is 0 Å². The number of unbranched alkanes of at least 4 members (excludes halogenated alkanes) is 1. The van der Waals surface area contributed by atoms with Crippen LogP contribution in [0.25, 0.3) is 0 Å². The molecule has 36 heavy (non-hydrogen) atoms. The average molecular weight is 509 g/mol. The zero-order valence-electron chi connectivity index (χ0n) is 20.2. The average Bonchev–Trinajstić information content (AvgIpc) is 2.82. The number of hydrogen-bond donors (Lipinski definition) is 8. The number of carboxylic acids is 1. The molecule has 200 valence electrons. The summed E-state index contributed by atoms with van der Waals surface area (Å²) in [5, 5.41) is 25.9. The van der Waals surface area contributed by atoms with Gasteiger partial charge in [-0.15, -0.1) is 0 Å². The number of primary amides is 1.